The summed E-state index contributed by atoms with van der Waals surface area (Å²) in [5.74, 6) is 1.40. The maximum Gasteiger partial charge on any atom is 0.267 e. The van der Waals surface area contributed by atoms with Crippen LogP contribution in [0.1, 0.15) is 37.6 Å². The zero-order valence-electron chi connectivity index (χ0n) is 16.1. The Hall–Kier alpha value is -1.92. The van der Waals surface area contributed by atoms with Gasteiger partial charge in [0.2, 0.25) is 0 Å². The maximum atomic E-state index is 13.4. The first kappa shape index (κ1) is 18.4. The van der Waals surface area contributed by atoms with Gasteiger partial charge in [-0.3, -0.25) is 9.36 Å². The molecule has 0 saturated carbocycles. The van der Waals surface area contributed by atoms with Crippen LogP contribution in [0.2, 0.25) is 0 Å². The van der Waals surface area contributed by atoms with Gasteiger partial charge in [-0.25, -0.2) is 0 Å². The van der Waals surface area contributed by atoms with Crippen molar-refractivity contribution >= 4 is 33.8 Å². The van der Waals surface area contributed by atoms with Crippen LogP contribution in [0, 0.1) is 16.1 Å². The molecule has 0 saturated heterocycles. The molecule has 1 atom stereocenters. The third-order valence-electron chi connectivity index (χ3n) is 5.66. The number of hydrogen-bond acceptors (Lipinski definition) is 4. The lowest BCUT2D eigenvalue weighted by Crippen LogP contribution is -2.27. The molecule has 0 fully saturated rings. The monoisotopic (exact) mass is 400 g/mol. The smallest absolute Gasteiger partial charge is 0.267 e. The molecule has 1 aliphatic carbocycles. The van der Waals surface area contributed by atoms with Crippen molar-refractivity contribution in [1.82, 2.24) is 9.55 Å². The third kappa shape index (κ3) is 3.15. The Morgan fingerprint density at radius 3 is 2.59 bits per heavy atom. The second-order valence-corrected chi connectivity index (χ2v) is 9.77. The summed E-state index contributed by atoms with van der Waals surface area (Å²) in [7, 11) is 1.63. The second kappa shape index (κ2) is 6.60. The van der Waals surface area contributed by atoms with Crippen LogP contribution in [-0.2, 0) is 12.8 Å². The van der Waals surface area contributed by atoms with Gasteiger partial charge in [-0.1, -0.05) is 20.8 Å². The van der Waals surface area contributed by atoms with Crippen LogP contribution in [0.25, 0.3) is 15.9 Å². The number of H-pyrrole nitrogens is 1. The quantitative estimate of drug-likeness (QED) is 0.596. The van der Waals surface area contributed by atoms with Crippen LogP contribution in [0.15, 0.2) is 29.1 Å². The number of methoxy groups -OCH3 is 1. The maximum absolute atomic E-state index is 13.4. The van der Waals surface area contributed by atoms with Gasteiger partial charge in [-0.2, -0.15) is 0 Å². The number of fused-ring (bicyclic) bond motifs is 3. The van der Waals surface area contributed by atoms with Crippen LogP contribution < -0.4 is 10.3 Å². The molecule has 0 unspecified atom stereocenters. The normalized spacial score (nSPS) is 17.1. The van der Waals surface area contributed by atoms with Gasteiger partial charge in [0.15, 0.2) is 4.77 Å². The van der Waals surface area contributed by atoms with Crippen LogP contribution in [0.5, 0.6) is 5.75 Å². The summed E-state index contributed by atoms with van der Waals surface area (Å²) in [6, 6.07) is 7.42. The van der Waals surface area contributed by atoms with Crippen LogP contribution >= 0.6 is 23.6 Å². The van der Waals surface area contributed by atoms with Gasteiger partial charge >= 0.3 is 0 Å². The first-order valence-corrected chi connectivity index (χ1v) is 10.5. The number of ether oxygens (including phenoxy) is 1. The minimum absolute atomic E-state index is 0.0226. The number of hydrogen-bond donors (Lipinski definition) is 1. The Bertz CT molecular complexity index is 1110. The van der Waals surface area contributed by atoms with Crippen LogP contribution in [0.3, 0.4) is 0 Å². The summed E-state index contributed by atoms with van der Waals surface area (Å²) >= 11 is 7.22. The van der Waals surface area contributed by atoms with E-state index >= 15 is 0 Å². The highest BCUT2D eigenvalue weighted by Gasteiger charge is 2.31. The van der Waals surface area contributed by atoms with Crippen molar-refractivity contribution in [3.05, 3.63) is 49.8 Å². The fraction of sp³-hybridized carbons (Fsp3) is 0.429. The summed E-state index contributed by atoms with van der Waals surface area (Å²) in [5, 5.41) is 0.812. The molecule has 142 valence electrons. The second-order valence-electron chi connectivity index (χ2n) is 8.28. The van der Waals surface area contributed by atoms with E-state index in [2.05, 4.69) is 25.8 Å². The molecule has 0 amide bonds. The molecular formula is C21H24N2O2S2. The topological polar surface area (TPSA) is 47.0 Å². The van der Waals surface area contributed by atoms with Crippen molar-refractivity contribution in [2.45, 2.75) is 40.0 Å². The van der Waals surface area contributed by atoms with E-state index in [1.165, 1.54) is 10.4 Å². The van der Waals surface area contributed by atoms with Gasteiger partial charge < -0.3 is 9.72 Å². The van der Waals surface area contributed by atoms with E-state index < -0.39 is 0 Å². The number of nitrogens with one attached hydrogen (secondary N) is 1. The highest BCUT2D eigenvalue weighted by Crippen LogP contribution is 2.42. The van der Waals surface area contributed by atoms with Gasteiger partial charge in [0.1, 0.15) is 10.6 Å². The number of benzene rings is 1. The fourth-order valence-corrected chi connectivity index (χ4v) is 5.64. The van der Waals surface area contributed by atoms with Gasteiger partial charge in [-0.05, 0) is 72.6 Å². The Morgan fingerprint density at radius 2 is 1.96 bits per heavy atom. The molecule has 2 aromatic heterocycles. The Kier molecular flexibility index (Phi) is 4.51. The zero-order valence-corrected chi connectivity index (χ0v) is 17.7. The molecule has 1 N–H and O–H groups in total. The lowest BCUT2D eigenvalue weighted by molar-refractivity contribution is 0.218. The molecule has 27 heavy (non-hydrogen) atoms. The number of thiophene rings is 1. The van der Waals surface area contributed by atoms with Crippen molar-refractivity contribution in [1.29, 1.82) is 0 Å². The Labute approximate surface area is 167 Å². The minimum atomic E-state index is -0.0226. The molecule has 3 aromatic rings. The standard InChI is InChI=1S/C21H24N2O2S2/c1-21(2,3)12-5-10-15-16(11-12)27-18-17(15)19(24)23(20(26)22-18)13-6-8-14(25-4)9-7-13/h6-9,12H,5,10-11H2,1-4H3,(H,22,26)/t12-/m1/s1. The number of aryl methyl sites for hydroxylation is 1. The predicted molar refractivity (Wildman–Crippen MR) is 114 cm³/mol. The lowest BCUT2D eigenvalue weighted by Gasteiger charge is -2.33. The highest BCUT2D eigenvalue weighted by molar-refractivity contribution is 7.71. The molecule has 0 aliphatic heterocycles. The van der Waals surface area contributed by atoms with E-state index in [0.29, 0.717) is 10.7 Å². The van der Waals surface area contributed by atoms with E-state index in [4.69, 9.17) is 17.0 Å². The SMILES string of the molecule is COc1ccc(-n2c(=S)[nH]c3sc4c(c3c2=O)CC[C@@H](C(C)(C)C)C4)cc1. The van der Waals surface area contributed by atoms with Gasteiger partial charge in [0, 0.05) is 4.88 Å². The molecule has 1 aromatic carbocycles. The van der Waals surface area contributed by atoms with Crippen molar-refractivity contribution in [3.8, 4) is 11.4 Å². The van der Waals surface area contributed by atoms with Gasteiger partial charge in [-0.15, -0.1) is 11.3 Å². The molecule has 2 heterocycles. The Morgan fingerprint density at radius 1 is 1.26 bits per heavy atom. The molecule has 0 radical (unpaired) electrons. The molecule has 6 heteroatoms. The van der Waals surface area contributed by atoms with E-state index in [-0.39, 0.29) is 11.0 Å². The van der Waals surface area contributed by atoms with Gasteiger partial charge in [0.05, 0.1) is 18.2 Å². The van der Waals surface area contributed by atoms with Crippen molar-refractivity contribution in [2.24, 2.45) is 11.3 Å². The molecule has 4 rings (SSSR count). The van der Waals surface area contributed by atoms with Crippen molar-refractivity contribution < 1.29 is 4.74 Å². The molecule has 4 nitrogen and oxygen atoms in total. The van der Waals surface area contributed by atoms with Crippen LogP contribution in [-0.4, -0.2) is 16.7 Å². The van der Waals surface area contributed by atoms with Crippen molar-refractivity contribution in [2.75, 3.05) is 7.11 Å². The number of nitrogens with zero attached hydrogens (tertiary/aromatic N) is 1. The molecule has 0 spiro atoms. The van der Waals surface area contributed by atoms with E-state index in [1.807, 2.05) is 24.3 Å². The van der Waals surface area contributed by atoms with Crippen LogP contribution in [0.4, 0.5) is 0 Å². The average molecular weight is 401 g/mol. The van der Waals surface area contributed by atoms with E-state index in [9.17, 15) is 4.79 Å². The summed E-state index contributed by atoms with van der Waals surface area (Å²) < 4.78 is 7.25. The highest BCUT2D eigenvalue weighted by atomic mass is 32.1. The first-order valence-electron chi connectivity index (χ1n) is 9.23. The minimum Gasteiger partial charge on any atom is -0.497 e. The first-order chi connectivity index (χ1) is 12.8. The third-order valence-corrected chi connectivity index (χ3v) is 7.12. The van der Waals surface area contributed by atoms with E-state index in [0.717, 1.165) is 40.9 Å². The molecule has 0 bridgehead atoms. The van der Waals surface area contributed by atoms with Gasteiger partial charge in [0.25, 0.3) is 5.56 Å². The summed E-state index contributed by atoms with van der Waals surface area (Å²) in [6.07, 6.45) is 3.13. The van der Waals surface area contributed by atoms with E-state index in [1.54, 1.807) is 23.0 Å². The summed E-state index contributed by atoms with van der Waals surface area (Å²) in [4.78, 5) is 18.9. The largest absolute Gasteiger partial charge is 0.497 e. The predicted octanol–water partition coefficient (Wildman–Crippen LogP) is 5.27. The number of aromatic nitrogens is 2. The lowest BCUT2D eigenvalue weighted by atomic mass is 9.72. The molecule has 1 aliphatic rings. The zero-order chi connectivity index (χ0) is 19.3. The average Bonchev–Trinajstić information content (AvgIpc) is 2.98. The summed E-state index contributed by atoms with van der Waals surface area (Å²) in [6.45, 7) is 6.92. The Balaban J connectivity index is 1.87. The number of aromatic amines is 1. The fourth-order valence-electron chi connectivity index (χ4n) is 3.96. The number of rotatable bonds is 2. The van der Waals surface area contributed by atoms with Crippen molar-refractivity contribution in [3.63, 3.8) is 0 Å². The molecular weight excluding hydrogens is 376 g/mol. The summed E-state index contributed by atoms with van der Waals surface area (Å²) in [5.41, 5.74) is 2.23.